The SMILES string of the molecule is NCCN(CC#Cc1nc2c(N)ncnc2n1[C@@H]1O[C@H](CNC(=O)CC(=O)O)[C@@H](O)[C@H]1O)C[C@H]1O[C@@H](n2cnc3c(N)ncnc32)[C@H](O)[C@@H]1O. The summed E-state index contributed by atoms with van der Waals surface area (Å²) in [4.78, 5) is 49.4. The first-order valence-corrected chi connectivity index (χ1v) is 15.3. The molecule has 22 heteroatoms. The highest BCUT2D eigenvalue weighted by Crippen LogP contribution is 2.34. The molecule has 4 aromatic heterocycles. The highest BCUT2D eigenvalue weighted by Gasteiger charge is 2.46. The normalized spacial score (nSPS) is 26.4. The molecular weight excluding hydrogens is 662 g/mol. The summed E-state index contributed by atoms with van der Waals surface area (Å²) >= 11 is 0. The predicted molar refractivity (Wildman–Crippen MR) is 169 cm³/mol. The van der Waals surface area contributed by atoms with Crippen LogP contribution in [-0.2, 0) is 19.1 Å². The highest BCUT2D eigenvalue weighted by atomic mass is 16.6. The van der Waals surface area contributed by atoms with Crippen LogP contribution in [0.15, 0.2) is 19.0 Å². The van der Waals surface area contributed by atoms with E-state index in [4.69, 9.17) is 31.8 Å². The molecule has 2 aliphatic heterocycles. The minimum atomic E-state index is -1.53. The average molecular weight is 698 g/mol. The van der Waals surface area contributed by atoms with E-state index < -0.39 is 67.4 Å². The van der Waals surface area contributed by atoms with Crippen molar-refractivity contribution < 1.29 is 44.6 Å². The second-order valence-electron chi connectivity index (χ2n) is 11.6. The largest absolute Gasteiger partial charge is 0.481 e. The van der Waals surface area contributed by atoms with Gasteiger partial charge in [-0.2, -0.15) is 0 Å². The van der Waals surface area contributed by atoms with E-state index in [0.29, 0.717) is 17.7 Å². The van der Waals surface area contributed by atoms with E-state index >= 15 is 0 Å². The standard InChI is InChI=1S/C28H35N13O9/c29-3-5-39(8-13-20(46)21(47)27(50-13)40-11-37-17-23(30)33-9-35-25(17)40)4-1-2-14-38-18-24(31)34-10-36-26(18)41(14)28-22(48)19(45)12(49-28)7-32-15(42)6-16(43)44/h9-13,19-22,27-28,45-48H,3-8,29H2,(H,32,42)(H,43,44)(H2,30,33,35)(H2,31,34,36)/t12-,13-,19-,20-,21-,22-,27-,28-/m1/s1. The van der Waals surface area contributed by atoms with Gasteiger partial charge in [0, 0.05) is 26.2 Å². The van der Waals surface area contributed by atoms with Gasteiger partial charge in [-0.05, 0) is 5.92 Å². The van der Waals surface area contributed by atoms with E-state index in [1.165, 1.54) is 28.1 Å². The third-order valence-corrected chi connectivity index (χ3v) is 8.29. The van der Waals surface area contributed by atoms with E-state index in [-0.39, 0.29) is 54.8 Å². The molecule has 0 aromatic carbocycles. The number of aliphatic hydroxyl groups excluding tert-OH is 4. The van der Waals surface area contributed by atoms with E-state index in [2.05, 4.69) is 47.1 Å². The summed E-state index contributed by atoms with van der Waals surface area (Å²) in [6, 6.07) is 0. The van der Waals surface area contributed by atoms with Crippen LogP contribution in [0.1, 0.15) is 24.7 Å². The fourth-order valence-electron chi connectivity index (χ4n) is 5.85. The number of aromatic nitrogens is 8. The first-order chi connectivity index (χ1) is 24.0. The molecule has 50 heavy (non-hydrogen) atoms. The molecule has 12 N–H and O–H groups in total. The number of nitrogens with two attached hydrogens (primary N) is 3. The summed E-state index contributed by atoms with van der Waals surface area (Å²) in [6.07, 6.45) is -6.86. The Labute approximate surface area is 281 Å². The molecule has 22 nitrogen and oxygen atoms in total. The number of rotatable bonds is 11. The molecule has 4 aromatic rings. The van der Waals surface area contributed by atoms with Crippen molar-refractivity contribution in [1.29, 1.82) is 0 Å². The number of hydrogen-bond acceptors (Lipinski definition) is 18. The maximum atomic E-state index is 11.9. The van der Waals surface area contributed by atoms with Crippen molar-refractivity contribution in [2.75, 3.05) is 44.2 Å². The van der Waals surface area contributed by atoms with E-state index in [1.54, 1.807) is 4.90 Å². The molecule has 2 saturated heterocycles. The van der Waals surface area contributed by atoms with Crippen molar-refractivity contribution >= 4 is 45.8 Å². The van der Waals surface area contributed by atoms with Crippen molar-refractivity contribution in [3.05, 3.63) is 24.8 Å². The van der Waals surface area contributed by atoms with Crippen LogP contribution in [0, 0.1) is 11.8 Å². The van der Waals surface area contributed by atoms with Gasteiger partial charge in [0.05, 0.1) is 12.9 Å². The number of imidazole rings is 2. The van der Waals surface area contributed by atoms with Gasteiger partial charge in [0.15, 0.2) is 46.7 Å². The number of carbonyl (C=O) groups is 2. The summed E-state index contributed by atoms with van der Waals surface area (Å²) < 4.78 is 14.8. The molecule has 6 rings (SSSR count). The van der Waals surface area contributed by atoms with Crippen molar-refractivity contribution in [2.45, 2.75) is 55.5 Å². The van der Waals surface area contributed by atoms with Gasteiger partial charge < -0.3 is 57.5 Å². The van der Waals surface area contributed by atoms with Gasteiger partial charge in [0.2, 0.25) is 5.91 Å². The van der Waals surface area contributed by atoms with Crippen LogP contribution in [-0.4, -0.2) is 151 Å². The van der Waals surface area contributed by atoms with Gasteiger partial charge in [0.25, 0.3) is 0 Å². The van der Waals surface area contributed by atoms with Crippen molar-refractivity contribution in [2.24, 2.45) is 5.73 Å². The monoisotopic (exact) mass is 697 g/mol. The Morgan fingerprint density at radius 2 is 1.56 bits per heavy atom. The van der Waals surface area contributed by atoms with Crippen molar-refractivity contribution in [1.82, 2.24) is 49.3 Å². The summed E-state index contributed by atoms with van der Waals surface area (Å²) in [6.45, 7) is 0.476. The molecule has 0 radical (unpaired) electrons. The number of nitrogens with zero attached hydrogens (tertiary/aromatic N) is 9. The molecule has 2 aliphatic rings. The minimum Gasteiger partial charge on any atom is -0.481 e. The Balaban J connectivity index is 1.20. The molecular formula is C28H35N13O9. The lowest BCUT2D eigenvalue weighted by atomic mass is 10.1. The number of nitrogen functional groups attached to an aromatic ring is 2. The van der Waals surface area contributed by atoms with Gasteiger partial charge in [-0.1, -0.05) is 5.92 Å². The number of ether oxygens (including phenoxy) is 2. The topological polar surface area (TPSA) is 334 Å². The predicted octanol–water partition coefficient (Wildman–Crippen LogP) is -4.73. The number of aliphatic carboxylic acids is 1. The molecule has 0 unspecified atom stereocenters. The zero-order valence-corrected chi connectivity index (χ0v) is 26.2. The molecule has 0 aliphatic carbocycles. The molecule has 266 valence electrons. The zero-order valence-electron chi connectivity index (χ0n) is 26.2. The number of amides is 1. The number of nitrogens with one attached hydrogen (secondary N) is 1. The second kappa shape index (κ2) is 14.4. The van der Waals surface area contributed by atoms with Gasteiger partial charge in [-0.15, -0.1) is 0 Å². The van der Waals surface area contributed by atoms with Crippen molar-refractivity contribution in [3.8, 4) is 11.8 Å². The first-order valence-electron chi connectivity index (χ1n) is 15.3. The van der Waals surface area contributed by atoms with Gasteiger partial charge >= 0.3 is 5.97 Å². The lowest BCUT2D eigenvalue weighted by molar-refractivity contribution is -0.141. The Kier molecular flexibility index (Phi) is 10.00. The number of aliphatic hydroxyl groups is 4. The maximum Gasteiger partial charge on any atom is 0.312 e. The fourth-order valence-corrected chi connectivity index (χ4v) is 5.85. The van der Waals surface area contributed by atoms with Crippen LogP contribution in [0.5, 0.6) is 0 Å². The van der Waals surface area contributed by atoms with E-state index in [1.807, 2.05) is 0 Å². The maximum absolute atomic E-state index is 11.9. The molecule has 0 bridgehead atoms. The number of carbonyl (C=O) groups excluding carboxylic acids is 1. The first kappa shape index (κ1) is 34.7. The molecule has 2 fully saturated rings. The second-order valence-corrected chi connectivity index (χ2v) is 11.6. The molecule has 1 amide bonds. The third-order valence-electron chi connectivity index (χ3n) is 8.29. The summed E-state index contributed by atoms with van der Waals surface area (Å²) in [5, 5.41) is 54.7. The van der Waals surface area contributed by atoms with Crippen LogP contribution in [0.2, 0.25) is 0 Å². The van der Waals surface area contributed by atoms with E-state index in [0.717, 1.165) is 0 Å². The quantitative estimate of drug-likeness (QED) is 0.0525. The number of hydrogen-bond donors (Lipinski definition) is 9. The number of carboxylic acids is 1. The Morgan fingerprint density at radius 1 is 0.900 bits per heavy atom. The van der Waals surface area contributed by atoms with Crippen molar-refractivity contribution in [3.63, 3.8) is 0 Å². The van der Waals surface area contributed by atoms with Crippen LogP contribution >= 0.6 is 0 Å². The van der Waals surface area contributed by atoms with Crippen LogP contribution in [0.25, 0.3) is 22.3 Å². The molecule has 6 heterocycles. The van der Waals surface area contributed by atoms with Crippen LogP contribution in [0.3, 0.4) is 0 Å². The highest BCUT2D eigenvalue weighted by molar-refractivity contribution is 5.93. The molecule has 8 atom stereocenters. The number of fused-ring (bicyclic) bond motifs is 2. The summed E-state index contributed by atoms with van der Waals surface area (Å²) in [5.41, 5.74) is 18.7. The lowest BCUT2D eigenvalue weighted by Gasteiger charge is -2.24. The van der Waals surface area contributed by atoms with Crippen LogP contribution < -0.4 is 22.5 Å². The van der Waals surface area contributed by atoms with E-state index in [9.17, 15) is 30.0 Å². The van der Waals surface area contributed by atoms with Gasteiger partial charge in [0.1, 0.15) is 61.2 Å². The smallest absolute Gasteiger partial charge is 0.312 e. The Bertz CT molecular complexity index is 1940. The van der Waals surface area contributed by atoms with Gasteiger partial charge in [-0.3, -0.25) is 23.6 Å². The summed E-state index contributed by atoms with van der Waals surface area (Å²) in [7, 11) is 0. The zero-order chi connectivity index (χ0) is 35.7. The Morgan fingerprint density at radius 3 is 2.28 bits per heavy atom. The lowest BCUT2D eigenvalue weighted by Crippen LogP contribution is -2.42. The van der Waals surface area contributed by atoms with Crippen LogP contribution in [0.4, 0.5) is 11.6 Å². The minimum absolute atomic E-state index is 0.0207. The number of anilines is 2. The molecule has 0 saturated carbocycles. The fraction of sp³-hybridized carbons (Fsp3) is 0.500. The molecule has 0 spiro atoms. The third kappa shape index (κ3) is 6.71. The van der Waals surface area contributed by atoms with Gasteiger partial charge in [-0.25, -0.2) is 29.9 Å². The Hall–Kier alpha value is -5.12. The number of carboxylic acid groups (broad SMARTS) is 1. The summed E-state index contributed by atoms with van der Waals surface area (Å²) in [5.74, 6) is 3.99. The average Bonchev–Trinajstić information content (AvgIpc) is 3.81.